The number of ether oxygens (including phenoxy) is 1. The van der Waals surface area contributed by atoms with Crippen molar-refractivity contribution in [2.24, 2.45) is 0 Å². The van der Waals surface area contributed by atoms with Crippen LogP contribution in [0.15, 0.2) is 28.9 Å². The number of fused-ring (bicyclic) bond motifs is 1. The molecule has 2 heterocycles. The Balaban J connectivity index is 1.61. The van der Waals surface area contributed by atoms with Gasteiger partial charge in [0.15, 0.2) is 12.3 Å². The van der Waals surface area contributed by atoms with E-state index in [0.29, 0.717) is 5.75 Å². The van der Waals surface area contributed by atoms with Gasteiger partial charge in [0.2, 0.25) is 5.89 Å². The number of thiazole rings is 1. The molecule has 0 unspecified atom stereocenters. The summed E-state index contributed by atoms with van der Waals surface area (Å²) in [7, 11) is 1.51. The maximum atomic E-state index is 12.2. The van der Waals surface area contributed by atoms with E-state index in [9.17, 15) is 9.90 Å². The van der Waals surface area contributed by atoms with Crippen LogP contribution in [0.3, 0.4) is 0 Å². The minimum Gasteiger partial charge on any atom is -0.484 e. The molecule has 138 valence electrons. The Labute approximate surface area is 153 Å². The fourth-order valence-electron chi connectivity index (χ4n) is 2.39. The van der Waals surface area contributed by atoms with Crippen LogP contribution >= 0.6 is 11.3 Å². The van der Waals surface area contributed by atoms with Crippen molar-refractivity contribution in [2.75, 3.05) is 20.2 Å². The lowest BCUT2D eigenvalue weighted by Crippen LogP contribution is -2.36. The second-order valence-electron chi connectivity index (χ2n) is 5.80. The maximum absolute atomic E-state index is 12.2. The molecule has 0 fully saturated rings. The first-order chi connectivity index (χ1) is 12.5. The van der Waals surface area contributed by atoms with Gasteiger partial charge in [0.1, 0.15) is 12.0 Å². The zero-order chi connectivity index (χ0) is 18.7. The maximum Gasteiger partial charge on any atom is 0.275 e. The second kappa shape index (κ2) is 7.81. The minimum absolute atomic E-state index is 0.00109. The normalized spacial score (nSPS) is 12.3. The average Bonchev–Trinajstić information content (AvgIpc) is 3.24. The number of amides is 1. The molecular weight excluding hydrogens is 358 g/mol. The first kappa shape index (κ1) is 18.3. The zero-order valence-corrected chi connectivity index (χ0v) is 15.2. The van der Waals surface area contributed by atoms with Crippen LogP contribution in [-0.2, 0) is 6.61 Å². The lowest BCUT2D eigenvalue weighted by molar-refractivity contribution is 0.0516. The Morgan fingerprint density at radius 1 is 1.42 bits per heavy atom. The molecule has 1 atom stereocenters. The molecule has 3 rings (SSSR count). The first-order valence-corrected chi connectivity index (χ1v) is 8.76. The van der Waals surface area contributed by atoms with Crippen molar-refractivity contribution in [1.82, 2.24) is 14.9 Å². The third kappa shape index (κ3) is 4.18. The molecule has 1 amide bonds. The number of benzene rings is 1. The number of nitrogens with zero attached hydrogens (tertiary/aromatic N) is 3. The van der Waals surface area contributed by atoms with Crippen molar-refractivity contribution in [3.05, 3.63) is 41.1 Å². The van der Waals surface area contributed by atoms with Gasteiger partial charge in [-0.25, -0.2) is 9.97 Å². The first-order valence-electron chi connectivity index (χ1n) is 7.95. The molecule has 0 aliphatic heterocycles. The fourth-order valence-corrected chi connectivity index (χ4v) is 3.19. The van der Waals surface area contributed by atoms with E-state index in [4.69, 9.17) is 14.3 Å². The Kier molecular flexibility index (Phi) is 5.50. The summed E-state index contributed by atoms with van der Waals surface area (Å²) in [6, 6.07) is 5.64. The summed E-state index contributed by atoms with van der Waals surface area (Å²) in [6.07, 6.45) is 0.249. The van der Waals surface area contributed by atoms with Gasteiger partial charge in [0.05, 0.1) is 27.9 Å². The molecule has 3 aromatic rings. The summed E-state index contributed by atoms with van der Waals surface area (Å²) in [5.74, 6) is 0.489. The molecule has 0 bridgehead atoms. The number of carbonyl (C=O) groups excluding carboxylic acids is 1. The lowest BCUT2D eigenvalue weighted by atomic mass is 10.3. The summed E-state index contributed by atoms with van der Waals surface area (Å²) >= 11 is 1.62. The quantitative estimate of drug-likeness (QED) is 0.644. The Morgan fingerprint density at radius 2 is 2.23 bits per heavy atom. The van der Waals surface area contributed by atoms with Crippen molar-refractivity contribution in [1.29, 1.82) is 0 Å². The summed E-state index contributed by atoms with van der Waals surface area (Å²) in [6.45, 7) is 1.61. The van der Waals surface area contributed by atoms with Crippen molar-refractivity contribution in [2.45, 2.75) is 19.6 Å². The Hall–Kier alpha value is -2.49. The molecule has 0 aliphatic carbocycles. The topological polar surface area (TPSA) is 109 Å². The molecule has 26 heavy (non-hydrogen) atoms. The van der Waals surface area contributed by atoms with E-state index in [1.54, 1.807) is 11.3 Å². The van der Waals surface area contributed by atoms with Gasteiger partial charge in [-0.1, -0.05) is 0 Å². The molecule has 0 saturated carbocycles. The molecule has 9 heteroatoms. The van der Waals surface area contributed by atoms with Gasteiger partial charge < -0.3 is 24.3 Å². The van der Waals surface area contributed by atoms with Gasteiger partial charge in [-0.15, -0.1) is 11.3 Å². The Bertz CT molecular complexity index is 907. The van der Waals surface area contributed by atoms with Crippen LogP contribution in [0.25, 0.3) is 10.2 Å². The van der Waals surface area contributed by atoms with Gasteiger partial charge in [-0.3, -0.25) is 4.79 Å². The SMILES string of the molecule is Cc1nc2cc(OCc3nc(C(=O)N(C)C[C@@H](O)CO)co3)ccc2s1. The van der Waals surface area contributed by atoms with Crippen LogP contribution in [0.1, 0.15) is 21.4 Å². The number of aliphatic hydroxyl groups is 2. The Morgan fingerprint density at radius 3 is 3.00 bits per heavy atom. The monoisotopic (exact) mass is 377 g/mol. The lowest BCUT2D eigenvalue weighted by Gasteiger charge is -2.18. The highest BCUT2D eigenvalue weighted by Crippen LogP contribution is 2.26. The van der Waals surface area contributed by atoms with E-state index < -0.39 is 18.6 Å². The van der Waals surface area contributed by atoms with Crippen LogP contribution in [0.5, 0.6) is 5.75 Å². The van der Waals surface area contributed by atoms with E-state index in [1.807, 2.05) is 25.1 Å². The summed E-state index contributed by atoms with van der Waals surface area (Å²) < 4.78 is 12.0. The molecule has 0 spiro atoms. The largest absolute Gasteiger partial charge is 0.484 e. The highest BCUT2D eigenvalue weighted by molar-refractivity contribution is 7.18. The minimum atomic E-state index is -0.997. The number of aryl methyl sites for hydroxylation is 1. The third-order valence-electron chi connectivity index (χ3n) is 3.64. The van der Waals surface area contributed by atoms with E-state index in [-0.39, 0.29) is 24.7 Å². The highest BCUT2D eigenvalue weighted by atomic mass is 32.1. The molecule has 0 aliphatic rings. The number of oxazole rings is 1. The summed E-state index contributed by atoms with van der Waals surface area (Å²) in [4.78, 5) is 22.0. The molecule has 0 radical (unpaired) electrons. The fraction of sp³-hybridized carbons (Fsp3) is 0.353. The number of aromatic nitrogens is 2. The van der Waals surface area contributed by atoms with Crippen molar-refractivity contribution < 1.29 is 24.2 Å². The number of rotatable bonds is 7. The number of hydrogen-bond donors (Lipinski definition) is 2. The van der Waals surface area contributed by atoms with Gasteiger partial charge >= 0.3 is 0 Å². The molecule has 2 N–H and O–H groups in total. The van der Waals surface area contributed by atoms with Crippen LogP contribution in [0.2, 0.25) is 0 Å². The predicted octanol–water partition coefficient (Wildman–Crippen LogP) is 1.60. The molecule has 8 nitrogen and oxygen atoms in total. The van der Waals surface area contributed by atoms with Gasteiger partial charge in [-0.05, 0) is 19.1 Å². The molecule has 0 saturated heterocycles. The number of carbonyl (C=O) groups is 1. The highest BCUT2D eigenvalue weighted by Gasteiger charge is 2.19. The average molecular weight is 377 g/mol. The van der Waals surface area contributed by atoms with Crippen molar-refractivity contribution >= 4 is 27.5 Å². The number of hydrogen-bond acceptors (Lipinski definition) is 8. The van der Waals surface area contributed by atoms with E-state index in [0.717, 1.165) is 15.2 Å². The molecular formula is C17H19N3O5S. The summed E-state index contributed by atoms with van der Waals surface area (Å²) in [5.41, 5.74) is 0.985. The van der Waals surface area contributed by atoms with Gasteiger partial charge in [0, 0.05) is 19.7 Å². The smallest absolute Gasteiger partial charge is 0.275 e. The number of aliphatic hydroxyl groups excluding tert-OH is 2. The second-order valence-corrected chi connectivity index (χ2v) is 7.03. The van der Waals surface area contributed by atoms with Gasteiger partial charge in [-0.2, -0.15) is 0 Å². The van der Waals surface area contributed by atoms with Crippen molar-refractivity contribution in [3.8, 4) is 5.75 Å². The van der Waals surface area contributed by atoms with Crippen LogP contribution in [-0.4, -0.2) is 57.3 Å². The predicted molar refractivity (Wildman–Crippen MR) is 95.2 cm³/mol. The number of likely N-dealkylation sites (N-methyl/N-ethyl adjacent to an activating group) is 1. The van der Waals surface area contributed by atoms with Crippen molar-refractivity contribution in [3.63, 3.8) is 0 Å². The van der Waals surface area contributed by atoms with E-state index >= 15 is 0 Å². The van der Waals surface area contributed by atoms with E-state index in [2.05, 4.69) is 9.97 Å². The third-order valence-corrected chi connectivity index (χ3v) is 4.59. The van der Waals surface area contributed by atoms with Crippen LogP contribution in [0, 0.1) is 6.92 Å². The molecule has 2 aromatic heterocycles. The summed E-state index contributed by atoms with van der Waals surface area (Å²) in [5, 5.41) is 19.2. The van der Waals surface area contributed by atoms with E-state index in [1.165, 1.54) is 18.2 Å². The standard InChI is InChI=1S/C17H19N3O5S/c1-10-18-13-5-12(3-4-15(13)26-10)24-9-16-19-14(8-25-16)17(23)20(2)6-11(22)7-21/h3-5,8,11,21-22H,6-7,9H2,1-2H3/t11-/m1/s1. The zero-order valence-electron chi connectivity index (χ0n) is 14.4. The van der Waals surface area contributed by atoms with Crippen LogP contribution < -0.4 is 4.74 Å². The molecule has 1 aromatic carbocycles. The van der Waals surface area contributed by atoms with Gasteiger partial charge in [0.25, 0.3) is 5.91 Å². The van der Waals surface area contributed by atoms with Crippen LogP contribution in [0.4, 0.5) is 0 Å².